The molecular formula is C14H18N2O2. The predicted molar refractivity (Wildman–Crippen MR) is 69.6 cm³/mol. The van der Waals surface area contributed by atoms with Gasteiger partial charge in [0.15, 0.2) is 0 Å². The van der Waals surface area contributed by atoms with Crippen LogP contribution in [0, 0.1) is 5.92 Å². The number of aromatic amines is 1. The highest BCUT2D eigenvalue weighted by molar-refractivity contribution is 5.76. The molecule has 1 saturated carbocycles. The number of benzene rings is 1. The smallest absolute Gasteiger partial charge is 0.117 e. The standard InChI is InChI=1S/C14H18N2O2/c1-2-18-11-5-9(6-11)7-14-15-12-4-3-10(17)8-13(12)16-14/h3-4,8-9,11,17H,2,5-7H2,1H3,(H,15,16). The number of phenols is 1. The van der Waals surface area contributed by atoms with Crippen molar-refractivity contribution in [3.8, 4) is 5.75 Å². The van der Waals surface area contributed by atoms with Gasteiger partial charge in [0.05, 0.1) is 17.1 Å². The summed E-state index contributed by atoms with van der Waals surface area (Å²) in [5.74, 6) is 1.96. The van der Waals surface area contributed by atoms with Gasteiger partial charge < -0.3 is 14.8 Å². The number of aromatic nitrogens is 2. The molecule has 18 heavy (non-hydrogen) atoms. The maximum absolute atomic E-state index is 9.41. The van der Waals surface area contributed by atoms with Gasteiger partial charge in [-0.05, 0) is 37.8 Å². The first-order valence-corrected chi connectivity index (χ1v) is 6.54. The van der Waals surface area contributed by atoms with Crippen molar-refractivity contribution in [2.45, 2.75) is 32.3 Å². The molecule has 0 spiro atoms. The number of imidazole rings is 1. The largest absolute Gasteiger partial charge is 0.508 e. The SMILES string of the molecule is CCOC1CC(Cc2nc3ccc(O)cc3[nH]2)C1. The van der Waals surface area contributed by atoms with Crippen LogP contribution in [0.1, 0.15) is 25.6 Å². The Hall–Kier alpha value is -1.55. The van der Waals surface area contributed by atoms with E-state index < -0.39 is 0 Å². The quantitative estimate of drug-likeness (QED) is 0.871. The summed E-state index contributed by atoms with van der Waals surface area (Å²) < 4.78 is 5.56. The van der Waals surface area contributed by atoms with E-state index in [0.29, 0.717) is 12.0 Å². The molecule has 0 amide bonds. The number of aromatic hydroxyl groups is 1. The van der Waals surface area contributed by atoms with E-state index in [-0.39, 0.29) is 5.75 Å². The number of phenolic OH excluding ortho intramolecular Hbond substituents is 1. The van der Waals surface area contributed by atoms with E-state index in [0.717, 1.165) is 42.7 Å². The molecule has 4 nitrogen and oxygen atoms in total. The molecule has 1 heterocycles. The molecule has 1 aromatic heterocycles. The van der Waals surface area contributed by atoms with Gasteiger partial charge in [0.1, 0.15) is 11.6 Å². The lowest BCUT2D eigenvalue weighted by Crippen LogP contribution is -2.32. The van der Waals surface area contributed by atoms with E-state index in [1.165, 1.54) is 0 Å². The van der Waals surface area contributed by atoms with Gasteiger partial charge in [0.25, 0.3) is 0 Å². The molecule has 2 N–H and O–H groups in total. The molecule has 4 heteroatoms. The van der Waals surface area contributed by atoms with Crippen molar-refractivity contribution >= 4 is 11.0 Å². The molecule has 0 bridgehead atoms. The number of rotatable bonds is 4. The molecule has 1 aliphatic carbocycles. The molecular weight excluding hydrogens is 228 g/mol. The summed E-state index contributed by atoms with van der Waals surface area (Å²) in [6.45, 7) is 2.85. The number of hydrogen-bond acceptors (Lipinski definition) is 3. The third-order valence-corrected chi connectivity index (χ3v) is 3.59. The van der Waals surface area contributed by atoms with Crippen LogP contribution < -0.4 is 0 Å². The number of hydrogen-bond donors (Lipinski definition) is 2. The van der Waals surface area contributed by atoms with E-state index in [2.05, 4.69) is 9.97 Å². The first kappa shape index (κ1) is 11.5. The maximum atomic E-state index is 9.41. The minimum absolute atomic E-state index is 0.276. The molecule has 0 aliphatic heterocycles. The molecule has 0 radical (unpaired) electrons. The number of nitrogens with one attached hydrogen (secondary N) is 1. The van der Waals surface area contributed by atoms with Crippen LogP contribution in [0.2, 0.25) is 0 Å². The van der Waals surface area contributed by atoms with Crippen LogP contribution >= 0.6 is 0 Å². The summed E-state index contributed by atoms with van der Waals surface area (Å²) in [7, 11) is 0. The highest BCUT2D eigenvalue weighted by Gasteiger charge is 2.30. The maximum Gasteiger partial charge on any atom is 0.117 e. The monoisotopic (exact) mass is 246 g/mol. The van der Waals surface area contributed by atoms with Gasteiger partial charge >= 0.3 is 0 Å². The Morgan fingerprint density at radius 1 is 1.44 bits per heavy atom. The summed E-state index contributed by atoms with van der Waals surface area (Å²) >= 11 is 0. The molecule has 1 aromatic carbocycles. The molecule has 96 valence electrons. The van der Waals surface area contributed by atoms with Crippen molar-refractivity contribution in [1.29, 1.82) is 0 Å². The van der Waals surface area contributed by atoms with E-state index in [1.54, 1.807) is 12.1 Å². The average molecular weight is 246 g/mol. The van der Waals surface area contributed by atoms with Crippen molar-refractivity contribution in [3.63, 3.8) is 0 Å². The lowest BCUT2D eigenvalue weighted by atomic mass is 9.80. The van der Waals surface area contributed by atoms with Crippen molar-refractivity contribution in [1.82, 2.24) is 9.97 Å². The van der Waals surface area contributed by atoms with E-state index >= 15 is 0 Å². The molecule has 3 rings (SSSR count). The number of ether oxygens (including phenoxy) is 1. The van der Waals surface area contributed by atoms with Gasteiger partial charge in [-0.3, -0.25) is 0 Å². The fourth-order valence-electron chi connectivity index (χ4n) is 2.63. The van der Waals surface area contributed by atoms with Crippen LogP contribution in [0.5, 0.6) is 5.75 Å². The van der Waals surface area contributed by atoms with Gasteiger partial charge in [-0.15, -0.1) is 0 Å². The van der Waals surface area contributed by atoms with Crippen molar-refractivity contribution in [3.05, 3.63) is 24.0 Å². The van der Waals surface area contributed by atoms with Crippen LogP contribution in [0.3, 0.4) is 0 Å². The Kier molecular flexibility index (Phi) is 2.96. The third kappa shape index (κ3) is 2.20. The topological polar surface area (TPSA) is 58.1 Å². The van der Waals surface area contributed by atoms with E-state index in [4.69, 9.17) is 4.74 Å². The Bertz CT molecular complexity index is 544. The summed E-state index contributed by atoms with van der Waals surface area (Å²) in [5, 5.41) is 9.41. The van der Waals surface area contributed by atoms with Crippen LogP contribution in [0.4, 0.5) is 0 Å². The minimum Gasteiger partial charge on any atom is -0.508 e. The van der Waals surface area contributed by atoms with Crippen LogP contribution in [0.15, 0.2) is 18.2 Å². The fourth-order valence-corrected chi connectivity index (χ4v) is 2.63. The zero-order valence-electron chi connectivity index (χ0n) is 10.5. The summed E-state index contributed by atoms with van der Waals surface area (Å²) in [4.78, 5) is 7.81. The van der Waals surface area contributed by atoms with Crippen molar-refractivity contribution in [2.24, 2.45) is 5.92 Å². The van der Waals surface area contributed by atoms with Gasteiger partial charge in [-0.2, -0.15) is 0 Å². The highest BCUT2D eigenvalue weighted by Crippen LogP contribution is 2.32. The highest BCUT2D eigenvalue weighted by atomic mass is 16.5. The zero-order valence-corrected chi connectivity index (χ0v) is 10.5. The second kappa shape index (κ2) is 4.61. The molecule has 0 saturated heterocycles. The predicted octanol–water partition coefficient (Wildman–Crippen LogP) is 2.63. The van der Waals surface area contributed by atoms with Gasteiger partial charge in [-0.1, -0.05) is 0 Å². The number of fused-ring (bicyclic) bond motifs is 1. The van der Waals surface area contributed by atoms with Gasteiger partial charge in [0.2, 0.25) is 0 Å². The second-order valence-electron chi connectivity index (χ2n) is 5.00. The average Bonchev–Trinajstić information content (AvgIpc) is 2.68. The Morgan fingerprint density at radius 3 is 3.06 bits per heavy atom. The number of H-pyrrole nitrogens is 1. The van der Waals surface area contributed by atoms with E-state index in [1.807, 2.05) is 13.0 Å². The summed E-state index contributed by atoms with van der Waals surface area (Å²) in [5.41, 5.74) is 1.83. The lowest BCUT2D eigenvalue weighted by Gasteiger charge is -2.34. The summed E-state index contributed by atoms with van der Waals surface area (Å²) in [6.07, 6.45) is 3.69. The van der Waals surface area contributed by atoms with Crippen molar-refractivity contribution in [2.75, 3.05) is 6.61 Å². The van der Waals surface area contributed by atoms with Crippen LogP contribution in [-0.2, 0) is 11.2 Å². The molecule has 2 aromatic rings. The van der Waals surface area contributed by atoms with Crippen molar-refractivity contribution < 1.29 is 9.84 Å². The Balaban J connectivity index is 1.65. The lowest BCUT2D eigenvalue weighted by molar-refractivity contribution is -0.0244. The molecule has 1 fully saturated rings. The molecule has 1 aliphatic rings. The Labute approximate surface area is 106 Å². The van der Waals surface area contributed by atoms with Crippen LogP contribution in [-0.4, -0.2) is 27.8 Å². The van der Waals surface area contributed by atoms with E-state index in [9.17, 15) is 5.11 Å². The minimum atomic E-state index is 0.276. The Morgan fingerprint density at radius 2 is 2.28 bits per heavy atom. The second-order valence-corrected chi connectivity index (χ2v) is 5.00. The third-order valence-electron chi connectivity index (χ3n) is 3.59. The first-order valence-electron chi connectivity index (χ1n) is 6.54. The van der Waals surface area contributed by atoms with Gasteiger partial charge in [-0.25, -0.2) is 4.98 Å². The number of nitrogens with zero attached hydrogens (tertiary/aromatic N) is 1. The fraction of sp³-hybridized carbons (Fsp3) is 0.500. The summed E-state index contributed by atoms with van der Waals surface area (Å²) in [6, 6.07) is 5.23. The van der Waals surface area contributed by atoms with Crippen LogP contribution in [0.25, 0.3) is 11.0 Å². The first-order chi connectivity index (χ1) is 8.74. The zero-order chi connectivity index (χ0) is 12.5. The normalized spacial score (nSPS) is 23.2. The molecule has 0 unspecified atom stereocenters. The van der Waals surface area contributed by atoms with Gasteiger partial charge in [0, 0.05) is 19.1 Å². The molecule has 0 atom stereocenters.